The van der Waals surface area contributed by atoms with Crippen LogP contribution in [0.3, 0.4) is 0 Å². The number of ether oxygens (including phenoxy) is 1. The van der Waals surface area contributed by atoms with Crippen molar-refractivity contribution in [3.8, 4) is 5.75 Å². The van der Waals surface area contributed by atoms with E-state index in [0.29, 0.717) is 36.3 Å². The van der Waals surface area contributed by atoms with Crippen molar-refractivity contribution in [2.24, 2.45) is 5.92 Å². The monoisotopic (exact) mass is 352 g/mol. The van der Waals surface area contributed by atoms with Gasteiger partial charge in [-0.3, -0.25) is 9.59 Å². The third-order valence-corrected chi connectivity index (χ3v) is 4.40. The molecule has 0 saturated heterocycles. The van der Waals surface area contributed by atoms with Crippen LogP contribution in [-0.2, 0) is 9.59 Å². The first kappa shape index (κ1) is 18.6. The quantitative estimate of drug-likeness (QED) is 0.707. The highest BCUT2D eigenvalue weighted by Crippen LogP contribution is 2.25. The number of rotatable bonds is 8. The molecule has 5 nitrogen and oxygen atoms in total. The van der Waals surface area contributed by atoms with Gasteiger partial charge in [0.05, 0.1) is 13.1 Å². The zero-order valence-corrected chi connectivity index (χ0v) is 14.6. The number of amides is 2. The molecular weight excluding hydrogens is 328 g/mol. The van der Waals surface area contributed by atoms with Crippen LogP contribution in [0.15, 0.2) is 24.3 Å². The van der Waals surface area contributed by atoms with Crippen LogP contribution in [0, 0.1) is 5.92 Å². The van der Waals surface area contributed by atoms with E-state index in [9.17, 15) is 9.59 Å². The topological polar surface area (TPSA) is 67.4 Å². The van der Waals surface area contributed by atoms with Crippen LogP contribution in [-0.4, -0.2) is 31.5 Å². The molecule has 24 heavy (non-hydrogen) atoms. The first-order valence-corrected chi connectivity index (χ1v) is 8.93. The van der Waals surface area contributed by atoms with Gasteiger partial charge in [-0.1, -0.05) is 30.9 Å². The summed E-state index contributed by atoms with van der Waals surface area (Å²) in [5, 5.41) is 6.06. The summed E-state index contributed by atoms with van der Waals surface area (Å²) >= 11 is 5.79. The van der Waals surface area contributed by atoms with Crippen LogP contribution in [0.2, 0.25) is 5.02 Å². The third kappa shape index (κ3) is 7.21. The molecule has 1 aromatic carbocycles. The van der Waals surface area contributed by atoms with Crippen LogP contribution in [0.1, 0.15) is 38.5 Å². The lowest BCUT2D eigenvalue weighted by atomic mass is 9.87. The summed E-state index contributed by atoms with van der Waals surface area (Å²) in [6, 6.07) is 7.04. The summed E-state index contributed by atoms with van der Waals surface area (Å²) in [6.07, 6.45) is 6.49. The predicted octanol–water partition coefficient (Wildman–Crippen LogP) is 2.92. The van der Waals surface area contributed by atoms with Gasteiger partial charge in [-0.05, 0) is 43.0 Å². The van der Waals surface area contributed by atoms with Gasteiger partial charge >= 0.3 is 0 Å². The maximum Gasteiger partial charge on any atom is 0.239 e. The minimum atomic E-state index is -0.202. The molecule has 1 fully saturated rings. The van der Waals surface area contributed by atoms with Crippen LogP contribution >= 0.6 is 11.6 Å². The second kappa shape index (κ2) is 10.2. The maximum atomic E-state index is 11.8. The van der Waals surface area contributed by atoms with Gasteiger partial charge in [0.2, 0.25) is 11.8 Å². The Bertz CT molecular complexity index is 528. The van der Waals surface area contributed by atoms with Crippen molar-refractivity contribution in [1.29, 1.82) is 0 Å². The molecule has 2 N–H and O–H groups in total. The average Bonchev–Trinajstić information content (AvgIpc) is 2.59. The van der Waals surface area contributed by atoms with Crippen molar-refractivity contribution < 1.29 is 14.3 Å². The predicted molar refractivity (Wildman–Crippen MR) is 94.2 cm³/mol. The SMILES string of the molecule is O=C(CNC(=O)CC1CCCCC1)NCCOc1ccc(Cl)cc1. The fourth-order valence-electron chi connectivity index (χ4n) is 2.86. The van der Waals surface area contributed by atoms with Gasteiger partial charge in [-0.15, -0.1) is 0 Å². The average molecular weight is 353 g/mol. The lowest BCUT2D eigenvalue weighted by Gasteiger charge is -2.20. The molecule has 1 aliphatic carbocycles. The van der Waals surface area contributed by atoms with Gasteiger partial charge < -0.3 is 15.4 Å². The summed E-state index contributed by atoms with van der Waals surface area (Å²) in [4.78, 5) is 23.5. The highest BCUT2D eigenvalue weighted by atomic mass is 35.5. The van der Waals surface area contributed by atoms with E-state index in [1.54, 1.807) is 24.3 Å². The molecule has 2 amide bonds. The molecule has 0 heterocycles. The molecule has 1 aromatic rings. The van der Waals surface area contributed by atoms with Gasteiger partial charge in [0.1, 0.15) is 12.4 Å². The van der Waals surface area contributed by atoms with E-state index in [0.717, 1.165) is 12.8 Å². The van der Waals surface area contributed by atoms with Gasteiger partial charge in [-0.25, -0.2) is 0 Å². The number of halogens is 1. The summed E-state index contributed by atoms with van der Waals surface area (Å²) < 4.78 is 5.48. The normalized spacial score (nSPS) is 14.9. The molecule has 132 valence electrons. The zero-order chi connectivity index (χ0) is 17.2. The van der Waals surface area contributed by atoms with E-state index in [1.807, 2.05) is 0 Å². The number of nitrogens with one attached hydrogen (secondary N) is 2. The van der Waals surface area contributed by atoms with Crippen molar-refractivity contribution in [3.63, 3.8) is 0 Å². The Morgan fingerprint density at radius 3 is 2.46 bits per heavy atom. The minimum Gasteiger partial charge on any atom is -0.492 e. The molecule has 0 spiro atoms. The second-order valence-corrected chi connectivity index (χ2v) is 6.57. The molecule has 0 bridgehead atoms. The van der Waals surface area contributed by atoms with Gasteiger partial charge in [0, 0.05) is 11.4 Å². The zero-order valence-electron chi connectivity index (χ0n) is 13.9. The Balaban J connectivity index is 1.52. The number of carbonyl (C=O) groups is 2. The van der Waals surface area contributed by atoms with Crippen LogP contribution in [0.4, 0.5) is 0 Å². The van der Waals surface area contributed by atoms with Crippen LogP contribution in [0.5, 0.6) is 5.75 Å². The molecule has 0 atom stereocenters. The Morgan fingerprint density at radius 1 is 1.04 bits per heavy atom. The van der Waals surface area contributed by atoms with Gasteiger partial charge in [-0.2, -0.15) is 0 Å². The lowest BCUT2D eigenvalue weighted by Crippen LogP contribution is -2.39. The molecule has 1 aliphatic rings. The number of hydrogen-bond acceptors (Lipinski definition) is 3. The minimum absolute atomic E-state index is 0.0203. The fourth-order valence-corrected chi connectivity index (χ4v) is 2.98. The smallest absolute Gasteiger partial charge is 0.239 e. The standard InChI is InChI=1S/C18H25ClN2O3/c19-15-6-8-16(9-7-15)24-11-10-20-18(23)13-21-17(22)12-14-4-2-1-3-5-14/h6-9,14H,1-5,10-13H2,(H,20,23)(H,21,22). The van der Waals surface area contributed by atoms with Crippen molar-refractivity contribution in [2.75, 3.05) is 19.7 Å². The molecule has 2 rings (SSSR count). The summed E-state index contributed by atoms with van der Waals surface area (Å²) in [5.41, 5.74) is 0. The van der Waals surface area contributed by atoms with Gasteiger partial charge in [0.25, 0.3) is 0 Å². The summed E-state index contributed by atoms with van der Waals surface area (Å²) in [5.74, 6) is 0.949. The first-order chi connectivity index (χ1) is 11.6. The third-order valence-electron chi connectivity index (χ3n) is 4.15. The molecule has 6 heteroatoms. The van der Waals surface area contributed by atoms with Crippen molar-refractivity contribution >= 4 is 23.4 Å². The van der Waals surface area contributed by atoms with Crippen molar-refractivity contribution in [3.05, 3.63) is 29.3 Å². The van der Waals surface area contributed by atoms with E-state index >= 15 is 0 Å². The Kier molecular flexibility index (Phi) is 7.89. The summed E-state index contributed by atoms with van der Waals surface area (Å²) in [6.45, 7) is 0.774. The van der Waals surface area contributed by atoms with Crippen molar-refractivity contribution in [1.82, 2.24) is 10.6 Å². The highest BCUT2D eigenvalue weighted by Gasteiger charge is 2.17. The van der Waals surface area contributed by atoms with Crippen LogP contribution < -0.4 is 15.4 Å². The Morgan fingerprint density at radius 2 is 1.75 bits per heavy atom. The van der Waals surface area contributed by atoms with E-state index in [4.69, 9.17) is 16.3 Å². The highest BCUT2D eigenvalue weighted by molar-refractivity contribution is 6.30. The van der Waals surface area contributed by atoms with E-state index in [2.05, 4.69) is 10.6 Å². The van der Waals surface area contributed by atoms with E-state index < -0.39 is 0 Å². The van der Waals surface area contributed by atoms with Crippen molar-refractivity contribution in [2.45, 2.75) is 38.5 Å². The number of carbonyl (C=O) groups excluding carboxylic acids is 2. The molecule has 0 aromatic heterocycles. The van der Waals surface area contributed by atoms with Crippen LogP contribution in [0.25, 0.3) is 0 Å². The molecule has 1 saturated carbocycles. The molecule has 0 aliphatic heterocycles. The molecular formula is C18H25ClN2O3. The van der Waals surface area contributed by atoms with E-state index in [-0.39, 0.29) is 18.4 Å². The Hall–Kier alpha value is -1.75. The van der Waals surface area contributed by atoms with E-state index in [1.165, 1.54) is 19.3 Å². The molecule has 0 radical (unpaired) electrons. The maximum absolute atomic E-state index is 11.8. The Labute approximate surface area is 148 Å². The number of benzene rings is 1. The largest absolute Gasteiger partial charge is 0.492 e. The second-order valence-electron chi connectivity index (χ2n) is 6.14. The first-order valence-electron chi connectivity index (χ1n) is 8.55. The summed E-state index contributed by atoms with van der Waals surface area (Å²) in [7, 11) is 0. The lowest BCUT2D eigenvalue weighted by molar-refractivity contribution is -0.126. The number of hydrogen-bond donors (Lipinski definition) is 2. The fraction of sp³-hybridized carbons (Fsp3) is 0.556. The van der Waals surface area contributed by atoms with Gasteiger partial charge in [0.15, 0.2) is 0 Å². The molecule has 0 unspecified atom stereocenters.